The monoisotopic (exact) mass is 311 g/mol. The average Bonchev–Trinajstić information content (AvgIpc) is 2.46. The second-order valence-corrected chi connectivity index (χ2v) is 7.38. The van der Waals surface area contributed by atoms with Crippen LogP contribution in [-0.2, 0) is 10.2 Å². The highest BCUT2D eigenvalue weighted by atomic mass is 32.2. The maximum atomic E-state index is 13.0. The fourth-order valence-electron chi connectivity index (χ4n) is 2.39. The molecular weight excluding hydrogens is 289 g/mol. The Hall–Kier alpha value is -1.07. The van der Waals surface area contributed by atoms with E-state index in [1.54, 1.807) is 26.0 Å². The molecule has 2 N–H and O–H groups in total. The smallest absolute Gasteiger partial charge is 0.230 e. The Kier molecular flexibility index (Phi) is 4.94. The lowest BCUT2D eigenvalue weighted by molar-refractivity contribution is -0.127. The van der Waals surface area contributed by atoms with Gasteiger partial charge in [-0.15, -0.1) is 0 Å². The molecule has 0 aromatic heterocycles. The predicted molar refractivity (Wildman–Crippen MR) is 83.9 cm³/mol. The number of aliphatic hydroxyl groups is 1. The van der Waals surface area contributed by atoms with Crippen LogP contribution in [0.1, 0.15) is 32.3 Å². The van der Waals surface area contributed by atoms with E-state index in [1.807, 2.05) is 11.8 Å². The lowest BCUT2D eigenvalue weighted by Crippen LogP contribution is -2.49. The SMILES string of the molecule is CC(C)(C(=O)NCC1(O)CCSCC1)c1ccc(F)cc1. The molecule has 3 nitrogen and oxygen atoms in total. The number of thioether (sulfide) groups is 1. The average molecular weight is 311 g/mol. The van der Waals surface area contributed by atoms with Crippen LogP contribution in [0.2, 0.25) is 0 Å². The summed E-state index contributed by atoms with van der Waals surface area (Å²) in [6.45, 7) is 3.88. The molecule has 0 saturated carbocycles. The summed E-state index contributed by atoms with van der Waals surface area (Å²) < 4.78 is 13.0. The summed E-state index contributed by atoms with van der Waals surface area (Å²) in [6, 6.07) is 5.97. The highest BCUT2D eigenvalue weighted by Crippen LogP contribution is 2.27. The van der Waals surface area contributed by atoms with Gasteiger partial charge in [0.2, 0.25) is 5.91 Å². The minimum Gasteiger partial charge on any atom is -0.388 e. The fraction of sp³-hybridized carbons (Fsp3) is 0.562. The topological polar surface area (TPSA) is 49.3 Å². The number of hydrogen-bond donors (Lipinski definition) is 2. The van der Waals surface area contributed by atoms with Gasteiger partial charge in [-0.3, -0.25) is 4.79 Å². The third-order valence-electron chi connectivity index (χ3n) is 4.14. The predicted octanol–water partition coefficient (Wildman–Crippen LogP) is 2.48. The molecule has 0 atom stereocenters. The van der Waals surface area contributed by atoms with Crippen LogP contribution in [0, 0.1) is 5.82 Å². The Balaban J connectivity index is 1.99. The quantitative estimate of drug-likeness (QED) is 0.898. The van der Waals surface area contributed by atoms with Gasteiger partial charge >= 0.3 is 0 Å². The van der Waals surface area contributed by atoms with Crippen molar-refractivity contribution in [2.24, 2.45) is 0 Å². The zero-order valence-electron chi connectivity index (χ0n) is 12.5. The van der Waals surface area contributed by atoms with Crippen LogP contribution >= 0.6 is 11.8 Å². The van der Waals surface area contributed by atoms with Gasteiger partial charge in [0, 0.05) is 6.54 Å². The number of halogens is 1. The van der Waals surface area contributed by atoms with E-state index in [0.29, 0.717) is 12.8 Å². The minimum atomic E-state index is -0.792. The van der Waals surface area contributed by atoms with Crippen molar-refractivity contribution < 1.29 is 14.3 Å². The molecule has 1 saturated heterocycles. The first-order valence-electron chi connectivity index (χ1n) is 7.18. The molecule has 1 aromatic rings. The Morgan fingerprint density at radius 3 is 2.48 bits per heavy atom. The molecule has 1 aliphatic rings. The van der Waals surface area contributed by atoms with Crippen molar-refractivity contribution in [1.82, 2.24) is 5.32 Å². The third-order valence-corrected chi connectivity index (χ3v) is 5.12. The second kappa shape index (κ2) is 6.36. The molecule has 1 heterocycles. The molecule has 116 valence electrons. The Morgan fingerprint density at radius 1 is 1.33 bits per heavy atom. The van der Waals surface area contributed by atoms with Gasteiger partial charge in [-0.2, -0.15) is 11.8 Å². The number of carbonyl (C=O) groups is 1. The van der Waals surface area contributed by atoms with Crippen LogP contribution in [-0.4, -0.2) is 34.7 Å². The third kappa shape index (κ3) is 3.98. The first-order chi connectivity index (χ1) is 9.83. The molecule has 5 heteroatoms. The van der Waals surface area contributed by atoms with Crippen molar-refractivity contribution in [3.63, 3.8) is 0 Å². The molecule has 1 amide bonds. The minimum absolute atomic E-state index is 0.152. The van der Waals surface area contributed by atoms with Crippen molar-refractivity contribution in [1.29, 1.82) is 0 Å². The molecule has 0 bridgehead atoms. The molecule has 0 unspecified atom stereocenters. The summed E-state index contributed by atoms with van der Waals surface area (Å²) in [4.78, 5) is 12.4. The normalized spacial score (nSPS) is 18.3. The van der Waals surface area contributed by atoms with Crippen molar-refractivity contribution in [3.8, 4) is 0 Å². The van der Waals surface area contributed by atoms with E-state index in [9.17, 15) is 14.3 Å². The molecule has 21 heavy (non-hydrogen) atoms. The zero-order valence-corrected chi connectivity index (χ0v) is 13.3. The van der Waals surface area contributed by atoms with Crippen LogP contribution in [0.3, 0.4) is 0 Å². The first-order valence-corrected chi connectivity index (χ1v) is 8.33. The van der Waals surface area contributed by atoms with Crippen LogP contribution in [0.4, 0.5) is 4.39 Å². The van der Waals surface area contributed by atoms with Gasteiger partial charge in [-0.05, 0) is 55.9 Å². The van der Waals surface area contributed by atoms with Crippen LogP contribution < -0.4 is 5.32 Å². The lowest BCUT2D eigenvalue weighted by atomic mass is 9.83. The summed E-state index contributed by atoms with van der Waals surface area (Å²) in [7, 11) is 0. The van der Waals surface area contributed by atoms with Crippen molar-refractivity contribution in [2.75, 3.05) is 18.1 Å². The van der Waals surface area contributed by atoms with Gasteiger partial charge < -0.3 is 10.4 Å². The van der Waals surface area contributed by atoms with Gasteiger partial charge in [-0.25, -0.2) is 4.39 Å². The van der Waals surface area contributed by atoms with E-state index < -0.39 is 11.0 Å². The van der Waals surface area contributed by atoms with E-state index in [1.165, 1.54) is 12.1 Å². The lowest BCUT2D eigenvalue weighted by Gasteiger charge is -2.33. The summed E-state index contributed by atoms with van der Waals surface area (Å²) in [6.07, 6.45) is 1.41. The summed E-state index contributed by atoms with van der Waals surface area (Å²) in [5.41, 5.74) is -0.791. The number of benzene rings is 1. The first kappa shape index (κ1) is 16.3. The van der Waals surface area contributed by atoms with E-state index in [0.717, 1.165) is 17.1 Å². The van der Waals surface area contributed by atoms with Gasteiger partial charge in [0.05, 0.1) is 11.0 Å². The Bertz CT molecular complexity index is 496. The van der Waals surface area contributed by atoms with Crippen LogP contribution in [0.15, 0.2) is 24.3 Å². The highest BCUT2D eigenvalue weighted by molar-refractivity contribution is 7.99. The Morgan fingerprint density at radius 2 is 1.90 bits per heavy atom. The highest BCUT2D eigenvalue weighted by Gasteiger charge is 2.34. The molecule has 1 aliphatic heterocycles. The van der Waals surface area contributed by atoms with Crippen LogP contribution in [0.25, 0.3) is 0 Å². The van der Waals surface area contributed by atoms with Crippen molar-refractivity contribution >= 4 is 17.7 Å². The van der Waals surface area contributed by atoms with Gasteiger partial charge in [0.25, 0.3) is 0 Å². The number of rotatable bonds is 4. The maximum Gasteiger partial charge on any atom is 0.230 e. The molecule has 2 rings (SSSR count). The molecular formula is C16H22FNO2S. The number of nitrogens with one attached hydrogen (secondary N) is 1. The van der Waals surface area contributed by atoms with E-state index in [2.05, 4.69) is 5.32 Å². The van der Waals surface area contributed by atoms with E-state index in [-0.39, 0.29) is 18.3 Å². The number of hydrogen-bond acceptors (Lipinski definition) is 3. The molecule has 1 aromatic carbocycles. The van der Waals surface area contributed by atoms with Crippen LogP contribution in [0.5, 0.6) is 0 Å². The van der Waals surface area contributed by atoms with E-state index in [4.69, 9.17) is 0 Å². The fourth-order valence-corrected chi connectivity index (χ4v) is 3.64. The summed E-state index contributed by atoms with van der Waals surface area (Å²) in [5, 5.41) is 13.3. The summed E-state index contributed by atoms with van der Waals surface area (Å²) >= 11 is 1.83. The summed E-state index contributed by atoms with van der Waals surface area (Å²) in [5.74, 6) is 1.38. The van der Waals surface area contributed by atoms with Gasteiger partial charge in [0.1, 0.15) is 5.82 Å². The van der Waals surface area contributed by atoms with Crippen molar-refractivity contribution in [3.05, 3.63) is 35.6 Å². The van der Waals surface area contributed by atoms with Gasteiger partial charge in [-0.1, -0.05) is 12.1 Å². The standard InChI is InChI=1S/C16H22FNO2S/c1-15(2,12-3-5-13(17)6-4-12)14(19)18-11-16(20)7-9-21-10-8-16/h3-6,20H,7-11H2,1-2H3,(H,18,19). The number of amides is 1. The van der Waals surface area contributed by atoms with Gasteiger partial charge in [0.15, 0.2) is 0 Å². The number of carbonyl (C=O) groups excluding carboxylic acids is 1. The maximum absolute atomic E-state index is 13.0. The van der Waals surface area contributed by atoms with E-state index >= 15 is 0 Å². The van der Waals surface area contributed by atoms with Crippen molar-refractivity contribution in [2.45, 2.75) is 37.7 Å². The largest absolute Gasteiger partial charge is 0.388 e. The molecule has 0 radical (unpaired) electrons. The molecule has 0 aliphatic carbocycles. The molecule has 1 fully saturated rings. The zero-order chi connectivity index (χ0) is 15.5. The Labute approximate surface area is 129 Å². The molecule has 0 spiro atoms. The second-order valence-electron chi connectivity index (χ2n) is 6.15.